The van der Waals surface area contributed by atoms with Crippen LogP contribution in [0.3, 0.4) is 0 Å². The van der Waals surface area contributed by atoms with Crippen LogP contribution in [-0.2, 0) is 6.54 Å². The molecule has 2 rings (SSSR count). The van der Waals surface area contributed by atoms with E-state index in [0.717, 1.165) is 5.56 Å². The van der Waals surface area contributed by atoms with Crippen LogP contribution < -0.4 is 5.32 Å². The lowest BCUT2D eigenvalue weighted by Gasteiger charge is -2.15. The summed E-state index contributed by atoms with van der Waals surface area (Å²) in [5.41, 5.74) is 1.60. The van der Waals surface area contributed by atoms with Crippen molar-refractivity contribution in [3.05, 3.63) is 59.7 Å². The number of hydrogen-bond acceptors (Lipinski definition) is 3. The molecule has 0 aliphatic carbocycles. The van der Waals surface area contributed by atoms with Gasteiger partial charge in [0.15, 0.2) is 0 Å². The predicted molar refractivity (Wildman–Crippen MR) is 67.6 cm³/mol. The number of nitrogens with zero attached hydrogens (tertiary/aromatic N) is 1. The van der Waals surface area contributed by atoms with E-state index in [2.05, 4.69) is 10.3 Å². The number of halogens is 1. The van der Waals surface area contributed by atoms with E-state index in [1.807, 2.05) is 19.1 Å². The fraction of sp³-hybridized carbons (Fsp3) is 0.214. The van der Waals surface area contributed by atoms with Crippen molar-refractivity contribution in [2.75, 3.05) is 0 Å². The molecule has 1 unspecified atom stereocenters. The largest absolute Gasteiger partial charge is 0.508 e. The molecule has 1 atom stereocenters. The van der Waals surface area contributed by atoms with Crippen LogP contribution >= 0.6 is 0 Å². The highest BCUT2D eigenvalue weighted by atomic mass is 19.1. The minimum absolute atomic E-state index is 0.0996. The van der Waals surface area contributed by atoms with Crippen LogP contribution in [0.15, 0.2) is 42.7 Å². The summed E-state index contributed by atoms with van der Waals surface area (Å²) in [5.74, 6) is -0.250. The minimum atomic E-state index is -0.349. The normalized spacial score (nSPS) is 12.3. The van der Waals surface area contributed by atoms with Crippen molar-refractivity contribution in [3.63, 3.8) is 0 Å². The molecule has 94 valence electrons. The Morgan fingerprint density at radius 3 is 2.94 bits per heavy atom. The number of nitrogens with one attached hydrogen (secondary N) is 1. The maximum Gasteiger partial charge on any atom is 0.123 e. The summed E-state index contributed by atoms with van der Waals surface area (Å²) < 4.78 is 13.1. The third kappa shape index (κ3) is 3.05. The molecule has 4 heteroatoms. The number of pyridine rings is 1. The summed E-state index contributed by atoms with van der Waals surface area (Å²) in [6, 6.07) is 7.64. The van der Waals surface area contributed by atoms with Gasteiger partial charge in [0, 0.05) is 30.5 Å². The van der Waals surface area contributed by atoms with Crippen molar-refractivity contribution >= 4 is 0 Å². The summed E-state index contributed by atoms with van der Waals surface area (Å²) in [5, 5.41) is 12.9. The Kier molecular flexibility index (Phi) is 3.89. The molecule has 0 saturated heterocycles. The van der Waals surface area contributed by atoms with Crippen molar-refractivity contribution in [1.29, 1.82) is 0 Å². The van der Waals surface area contributed by atoms with Gasteiger partial charge in [-0.15, -0.1) is 0 Å². The van der Waals surface area contributed by atoms with E-state index >= 15 is 0 Å². The molecule has 2 aromatic rings. The van der Waals surface area contributed by atoms with E-state index in [1.54, 1.807) is 12.4 Å². The Bertz CT molecular complexity index is 516. The second-order valence-corrected chi connectivity index (χ2v) is 4.17. The highest BCUT2D eigenvalue weighted by Crippen LogP contribution is 2.24. The fourth-order valence-corrected chi connectivity index (χ4v) is 1.76. The molecule has 0 aliphatic rings. The molecule has 2 N–H and O–H groups in total. The van der Waals surface area contributed by atoms with Gasteiger partial charge in [-0.1, -0.05) is 6.07 Å². The SMILES string of the molecule is CC(NCc1cccnc1)c1cc(F)ccc1O. The van der Waals surface area contributed by atoms with Gasteiger partial charge in [0.2, 0.25) is 0 Å². The van der Waals surface area contributed by atoms with Crippen LogP contribution in [-0.4, -0.2) is 10.1 Å². The third-order valence-electron chi connectivity index (χ3n) is 2.79. The zero-order valence-corrected chi connectivity index (χ0v) is 10.1. The first kappa shape index (κ1) is 12.5. The number of aromatic hydroxyl groups is 1. The quantitative estimate of drug-likeness (QED) is 0.872. The van der Waals surface area contributed by atoms with Crippen molar-refractivity contribution in [2.24, 2.45) is 0 Å². The molecule has 18 heavy (non-hydrogen) atoms. The summed E-state index contributed by atoms with van der Waals surface area (Å²) in [6.07, 6.45) is 3.48. The monoisotopic (exact) mass is 246 g/mol. The van der Waals surface area contributed by atoms with E-state index < -0.39 is 0 Å². The van der Waals surface area contributed by atoms with Crippen LogP contribution in [0.2, 0.25) is 0 Å². The van der Waals surface area contributed by atoms with Crippen molar-refractivity contribution < 1.29 is 9.50 Å². The molecule has 0 bridgehead atoms. The molecule has 0 amide bonds. The highest BCUT2D eigenvalue weighted by molar-refractivity contribution is 5.34. The lowest BCUT2D eigenvalue weighted by molar-refractivity contribution is 0.449. The Morgan fingerprint density at radius 1 is 1.39 bits per heavy atom. The summed E-state index contributed by atoms with van der Waals surface area (Å²) in [6.45, 7) is 2.50. The predicted octanol–water partition coefficient (Wildman–Crippen LogP) is 2.78. The molecule has 3 nitrogen and oxygen atoms in total. The van der Waals surface area contributed by atoms with E-state index in [1.165, 1.54) is 18.2 Å². The first-order chi connectivity index (χ1) is 8.66. The van der Waals surface area contributed by atoms with Crippen LogP contribution in [0.4, 0.5) is 4.39 Å². The molecular weight excluding hydrogens is 231 g/mol. The molecule has 0 aliphatic heterocycles. The first-order valence-electron chi connectivity index (χ1n) is 5.77. The van der Waals surface area contributed by atoms with Gasteiger partial charge in [0.25, 0.3) is 0 Å². The average Bonchev–Trinajstić information content (AvgIpc) is 2.40. The average molecular weight is 246 g/mol. The van der Waals surface area contributed by atoms with Crippen molar-refractivity contribution in [3.8, 4) is 5.75 Å². The Morgan fingerprint density at radius 2 is 2.22 bits per heavy atom. The van der Waals surface area contributed by atoms with E-state index in [4.69, 9.17) is 0 Å². The number of phenols is 1. The standard InChI is InChI=1S/C14H15FN2O/c1-10(13-7-12(15)4-5-14(13)18)17-9-11-3-2-6-16-8-11/h2-8,10,17-18H,9H2,1H3. The molecular formula is C14H15FN2O. The third-order valence-corrected chi connectivity index (χ3v) is 2.79. The lowest BCUT2D eigenvalue weighted by atomic mass is 10.1. The van der Waals surface area contributed by atoms with Crippen molar-refractivity contribution in [1.82, 2.24) is 10.3 Å². The van der Waals surface area contributed by atoms with Gasteiger partial charge < -0.3 is 10.4 Å². The number of phenolic OH excluding ortho intramolecular Hbond substituents is 1. The van der Waals surface area contributed by atoms with E-state index in [-0.39, 0.29) is 17.6 Å². The summed E-state index contributed by atoms with van der Waals surface area (Å²) in [7, 11) is 0. The van der Waals surface area contributed by atoms with Crippen LogP contribution in [0.1, 0.15) is 24.1 Å². The van der Waals surface area contributed by atoms with Gasteiger partial charge in [-0.3, -0.25) is 4.98 Å². The molecule has 0 spiro atoms. The van der Waals surface area contributed by atoms with Crippen LogP contribution in [0, 0.1) is 5.82 Å². The lowest BCUT2D eigenvalue weighted by Crippen LogP contribution is -2.18. The van der Waals surface area contributed by atoms with Gasteiger partial charge >= 0.3 is 0 Å². The van der Waals surface area contributed by atoms with E-state index in [9.17, 15) is 9.50 Å². The first-order valence-corrected chi connectivity index (χ1v) is 5.77. The molecule has 0 saturated carbocycles. The zero-order valence-electron chi connectivity index (χ0n) is 10.1. The Hall–Kier alpha value is -1.94. The number of hydrogen-bond donors (Lipinski definition) is 2. The van der Waals surface area contributed by atoms with Gasteiger partial charge in [0.1, 0.15) is 11.6 Å². The number of rotatable bonds is 4. The maximum atomic E-state index is 13.1. The molecule has 1 aromatic carbocycles. The topological polar surface area (TPSA) is 45.2 Å². The zero-order chi connectivity index (χ0) is 13.0. The summed E-state index contributed by atoms with van der Waals surface area (Å²) >= 11 is 0. The maximum absolute atomic E-state index is 13.1. The molecule has 0 fully saturated rings. The highest BCUT2D eigenvalue weighted by Gasteiger charge is 2.10. The molecule has 1 aromatic heterocycles. The fourth-order valence-electron chi connectivity index (χ4n) is 1.76. The van der Waals surface area contributed by atoms with Gasteiger partial charge in [-0.2, -0.15) is 0 Å². The van der Waals surface area contributed by atoms with Crippen molar-refractivity contribution in [2.45, 2.75) is 19.5 Å². The van der Waals surface area contributed by atoms with Gasteiger partial charge in [0.05, 0.1) is 0 Å². The van der Waals surface area contributed by atoms with Crippen LogP contribution in [0.25, 0.3) is 0 Å². The second-order valence-electron chi connectivity index (χ2n) is 4.17. The molecule has 0 radical (unpaired) electrons. The van der Waals surface area contributed by atoms with Crippen LogP contribution in [0.5, 0.6) is 5.75 Å². The minimum Gasteiger partial charge on any atom is -0.508 e. The summed E-state index contributed by atoms with van der Waals surface area (Å²) in [4.78, 5) is 4.02. The van der Waals surface area contributed by atoms with Gasteiger partial charge in [-0.05, 0) is 36.8 Å². The smallest absolute Gasteiger partial charge is 0.123 e. The van der Waals surface area contributed by atoms with Gasteiger partial charge in [-0.25, -0.2) is 4.39 Å². The Labute approximate surface area is 105 Å². The Balaban J connectivity index is 2.03. The van der Waals surface area contributed by atoms with E-state index in [0.29, 0.717) is 12.1 Å². The second kappa shape index (κ2) is 5.60. The number of aromatic nitrogens is 1. The number of benzene rings is 1. The molecule has 1 heterocycles.